The predicted molar refractivity (Wildman–Crippen MR) is 74.3 cm³/mol. The van der Waals surface area contributed by atoms with Crippen LogP contribution in [0.5, 0.6) is 0 Å². The van der Waals surface area contributed by atoms with Gasteiger partial charge in [-0.25, -0.2) is 0 Å². The van der Waals surface area contributed by atoms with E-state index < -0.39 is 0 Å². The van der Waals surface area contributed by atoms with E-state index in [2.05, 4.69) is 19.7 Å². The minimum atomic E-state index is -0.259. The van der Waals surface area contributed by atoms with Gasteiger partial charge in [0.15, 0.2) is 5.16 Å². The Morgan fingerprint density at radius 1 is 1.32 bits per heavy atom. The van der Waals surface area contributed by atoms with Crippen LogP contribution in [0.3, 0.4) is 0 Å². The van der Waals surface area contributed by atoms with Gasteiger partial charge >= 0.3 is 0 Å². The largest absolute Gasteiger partial charge is 0.370 e. The molecule has 0 unspecified atom stereocenters. The van der Waals surface area contributed by atoms with E-state index in [9.17, 15) is 4.79 Å². The lowest BCUT2D eigenvalue weighted by Crippen LogP contribution is -2.22. The van der Waals surface area contributed by atoms with Crippen molar-refractivity contribution in [3.8, 4) is 0 Å². The molecule has 1 saturated carbocycles. The number of aromatic nitrogens is 3. The third kappa shape index (κ3) is 2.86. The van der Waals surface area contributed by atoms with E-state index in [1.165, 1.54) is 25.7 Å². The van der Waals surface area contributed by atoms with Gasteiger partial charge in [-0.15, -0.1) is 10.2 Å². The van der Waals surface area contributed by atoms with E-state index in [4.69, 9.17) is 5.73 Å². The summed E-state index contributed by atoms with van der Waals surface area (Å²) in [4.78, 5) is 13.1. The number of carbonyl (C=O) groups is 1. The predicted octanol–water partition coefficient (Wildman–Crippen LogP) is 1.18. The van der Waals surface area contributed by atoms with E-state index in [1.807, 2.05) is 0 Å². The number of nitrogens with two attached hydrogens (primary N) is 1. The molecule has 0 spiro atoms. The van der Waals surface area contributed by atoms with Crippen molar-refractivity contribution in [3.05, 3.63) is 0 Å². The molecule has 1 saturated heterocycles. The van der Waals surface area contributed by atoms with Crippen molar-refractivity contribution in [2.45, 2.75) is 43.3 Å². The van der Waals surface area contributed by atoms with Crippen molar-refractivity contribution in [2.75, 3.05) is 23.7 Å². The molecule has 2 heterocycles. The van der Waals surface area contributed by atoms with E-state index in [-0.39, 0.29) is 5.91 Å². The first kappa shape index (κ1) is 12.8. The van der Waals surface area contributed by atoms with Gasteiger partial charge in [0, 0.05) is 31.3 Å². The van der Waals surface area contributed by atoms with Crippen LogP contribution in [-0.4, -0.2) is 39.5 Å². The van der Waals surface area contributed by atoms with Gasteiger partial charge in [0.1, 0.15) is 0 Å². The van der Waals surface area contributed by atoms with Crippen LogP contribution in [0.15, 0.2) is 5.16 Å². The maximum atomic E-state index is 10.8. The minimum Gasteiger partial charge on any atom is -0.370 e. The van der Waals surface area contributed by atoms with Gasteiger partial charge in [-0.3, -0.25) is 9.36 Å². The third-order valence-corrected chi connectivity index (χ3v) is 4.47. The Morgan fingerprint density at radius 2 is 2.05 bits per heavy atom. The van der Waals surface area contributed by atoms with Crippen molar-refractivity contribution in [2.24, 2.45) is 5.73 Å². The summed E-state index contributed by atoms with van der Waals surface area (Å²) in [5.41, 5.74) is 5.17. The lowest BCUT2D eigenvalue weighted by molar-refractivity contribution is -0.117. The molecule has 0 atom stereocenters. The maximum Gasteiger partial charge on any atom is 0.228 e. The van der Waals surface area contributed by atoms with Gasteiger partial charge in [-0.05, 0) is 25.7 Å². The lowest BCUT2D eigenvalue weighted by atomic mass is 10.4. The van der Waals surface area contributed by atoms with Crippen LogP contribution >= 0.6 is 11.8 Å². The maximum absolute atomic E-state index is 10.8. The third-order valence-electron chi connectivity index (χ3n) is 3.53. The molecule has 1 amide bonds. The molecule has 0 radical (unpaired) electrons. The van der Waals surface area contributed by atoms with E-state index in [0.717, 1.165) is 24.2 Å². The number of carbonyl (C=O) groups excluding carboxylic acids is 1. The summed E-state index contributed by atoms with van der Waals surface area (Å²) in [6.45, 7) is 2.16. The molecule has 3 rings (SSSR count). The molecule has 2 fully saturated rings. The van der Waals surface area contributed by atoms with Crippen LogP contribution < -0.4 is 10.6 Å². The molecule has 2 N–H and O–H groups in total. The normalized spacial score (nSPS) is 19.1. The van der Waals surface area contributed by atoms with Crippen LogP contribution in [0.2, 0.25) is 0 Å². The van der Waals surface area contributed by atoms with Gasteiger partial charge in [0.25, 0.3) is 0 Å². The van der Waals surface area contributed by atoms with Crippen molar-refractivity contribution < 1.29 is 4.79 Å². The van der Waals surface area contributed by atoms with Gasteiger partial charge in [-0.1, -0.05) is 11.8 Å². The molecular formula is C12H19N5OS. The number of hydrogen-bond acceptors (Lipinski definition) is 5. The van der Waals surface area contributed by atoms with E-state index in [1.54, 1.807) is 11.8 Å². The Morgan fingerprint density at radius 3 is 2.68 bits per heavy atom. The van der Waals surface area contributed by atoms with Crippen molar-refractivity contribution in [1.82, 2.24) is 14.8 Å². The van der Waals surface area contributed by atoms with Gasteiger partial charge < -0.3 is 10.6 Å². The Bertz CT molecular complexity index is 465. The van der Waals surface area contributed by atoms with Crippen LogP contribution in [0.1, 0.15) is 38.1 Å². The summed E-state index contributed by atoms with van der Waals surface area (Å²) in [5, 5.41) is 9.60. The zero-order valence-electron chi connectivity index (χ0n) is 10.9. The first-order chi connectivity index (χ1) is 9.25. The molecule has 2 aliphatic rings. The van der Waals surface area contributed by atoms with Crippen LogP contribution in [0, 0.1) is 0 Å². The highest BCUT2D eigenvalue weighted by Crippen LogP contribution is 2.41. The molecule has 6 nitrogen and oxygen atoms in total. The molecule has 7 heteroatoms. The highest BCUT2D eigenvalue weighted by Gasteiger charge is 2.32. The number of amides is 1. The smallest absolute Gasteiger partial charge is 0.228 e. The second kappa shape index (κ2) is 5.40. The Labute approximate surface area is 116 Å². The Kier molecular flexibility index (Phi) is 3.63. The molecule has 1 aliphatic carbocycles. The Balaban J connectivity index is 1.74. The van der Waals surface area contributed by atoms with Crippen LogP contribution in [-0.2, 0) is 4.79 Å². The highest BCUT2D eigenvalue weighted by molar-refractivity contribution is 7.99. The summed E-state index contributed by atoms with van der Waals surface area (Å²) in [6, 6.07) is 0.557. The number of primary amides is 1. The monoisotopic (exact) mass is 281 g/mol. The zero-order chi connectivity index (χ0) is 13.2. The summed E-state index contributed by atoms with van der Waals surface area (Å²) in [5.74, 6) is 1.44. The molecular weight excluding hydrogens is 262 g/mol. The van der Waals surface area contributed by atoms with Gasteiger partial charge in [-0.2, -0.15) is 0 Å². The topological polar surface area (TPSA) is 77.0 Å². The average Bonchev–Trinajstić information content (AvgIpc) is 2.91. The van der Waals surface area contributed by atoms with Gasteiger partial charge in [0.2, 0.25) is 11.9 Å². The molecule has 1 aliphatic heterocycles. The zero-order valence-corrected chi connectivity index (χ0v) is 11.7. The number of hydrogen-bond donors (Lipinski definition) is 1. The molecule has 0 bridgehead atoms. The molecule has 0 aromatic carbocycles. The molecule has 19 heavy (non-hydrogen) atoms. The fourth-order valence-corrected chi connectivity index (χ4v) is 3.35. The summed E-state index contributed by atoms with van der Waals surface area (Å²) >= 11 is 1.59. The summed E-state index contributed by atoms with van der Waals surface area (Å²) in [6.07, 6.45) is 5.29. The second-order valence-corrected chi connectivity index (χ2v) is 6.20. The Hall–Kier alpha value is -1.24. The molecule has 1 aromatic rings. The second-order valence-electron chi connectivity index (χ2n) is 5.14. The highest BCUT2D eigenvalue weighted by atomic mass is 32.2. The number of nitrogens with zero attached hydrogens (tertiary/aromatic N) is 4. The van der Waals surface area contributed by atoms with E-state index in [0.29, 0.717) is 18.2 Å². The van der Waals surface area contributed by atoms with Crippen LogP contribution in [0.4, 0.5) is 5.95 Å². The van der Waals surface area contributed by atoms with Gasteiger partial charge in [0.05, 0.1) is 0 Å². The van der Waals surface area contributed by atoms with Crippen molar-refractivity contribution >= 4 is 23.6 Å². The van der Waals surface area contributed by atoms with Crippen molar-refractivity contribution in [1.29, 1.82) is 0 Å². The first-order valence-corrected chi connectivity index (χ1v) is 7.85. The minimum absolute atomic E-state index is 0.259. The van der Waals surface area contributed by atoms with Crippen LogP contribution in [0.25, 0.3) is 0 Å². The fourth-order valence-electron chi connectivity index (χ4n) is 2.40. The van der Waals surface area contributed by atoms with Crippen molar-refractivity contribution in [3.63, 3.8) is 0 Å². The summed E-state index contributed by atoms with van der Waals surface area (Å²) in [7, 11) is 0. The average molecular weight is 281 g/mol. The standard InChI is InChI=1S/C12H19N5OS/c13-10(18)5-8-19-12-15-14-11(16-6-1-2-7-16)17(12)9-3-4-9/h9H,1-8H2,(H2,13,18). The fraction of sp³-hybridized carbons (Fsp3) is 0.750. The summed E-state index contributed by atoms with van der Waals surface area (Å²) < 4.78 is 2.26. The molecule has 104 valence electrons. The lowest BCUT2D eigenvalue weighted by Gasteiger charge is -2.17. The molecule has 1 aromatic heterocycles. The number of rotatable bonds is 6. The number of anilines is 1. The SMILES string of the molecule is NC(=O)CCSc1nnc(N2CCCC2)n1C1CC1. The quantitative estimate of drug-likeness (QED) is 0.792. The van der Waals surface area contributed by atoms with E-state index >= 15 is 0 Å². The number of thioether (sulfide) groups is 1. The first-order valence-electron chi connectivity index (χ1n) is 6.86.